The number of carbonyl (C=O) groups is 2. The molecule has 0 bridgehead atoms. The molecule has 0 radical (unpaired) electrons. The minimum absolute atomic E-state index is 0.0748. The molecule has 0 saturated heterocycles. The first-order valence-corrected chi connectivity index (χ1v) is 9.38. The zero-order chi connectivity index (χ0) is 18.7. The molecule has 3 aliphatic rings. The second-order valence-corrected chi connectivity index (χ2v) is 7.61. The number of ketones is 2. The first-order valence-electron chi connectivity index (χ1n) is 9.38. The standard InChI is InChI=1S/C21H20FN3O2/c1-10-15(13-4-2-3-5-14(13)23-10)16-18(24-11-6-7-11)21(27)17(22)19(20(16)26)25-12-8-9-12/h2-5,11-12,23-25H,6-9H2,1H3. The molecule has 138 valence electrons. The summed E-state index contributed by atoms with van der Waals surface area (Å²) in [5, 5.41) is 6.91. The lowest BCUT2D eigenvalue weighted by Crippen LogP contribution is -2.36. The van der Waals surface area contributed by atoms with E-state index in [9.17, 15) is 14.0 Å². The van der Waals surface area contributed by atoms with Gasteiger partial charge < -0.3 is 15.6 Å². The van der Waals surface area contributed by atoms with Crippen molar-refractivity contribution in [3.8, 4) is 0 Å². The van der Waals surface area contributed by atoms with Gasteiger partial charge in [-0.25, -0.2) is 4.39 Å². The minimum atomic E-state index is -0.976. The van der Waals surface area contributed by atoms with Crippen molar-refractivity contribution in [3.05, 3.63) is 52.7 Å². The van der Waals surface area contributed by atoms with Crippen LogP contribution in [-0.4, -0.2) is 28.6 Å². The zero-order valence-electron chi connectivity index (χ0n) is 15.0. The van der Waals surface area contributed by atoms with Crippen LogP contribution in [0.1, 0.15) is 36.9 Å². The van der Waals surface area contributed by atoms with Crippen LogP contribution in [-0.2, 0) is 9.59 Å². The van der Waals surface area contributed by atoms with Gasteiger partial charge in [-0.1, -0.05) is 18.2 Å². The third-order valence-electron chi connectivity index (χ3n) is 5.35. The average molecular weight is 365 g/mol. The molecule has 5 rings (SSSR count). The molecule has 0 unspecified atom stereocenters. The Morgan fingerprint density at radius 3 is 2.26 bits per heavy atom. The maximum Gasteiger partial charge on any atom is 0.240 e. The summed E-state index contributed by atoms with van der Waals surface area (Å²) in [5.74, 6) is -2.16. The number of aromatic nitrogens is 1. The van der Waals surface area contributed by atoms with Crippen LogP contribution in [0, 0.1) is 6.92 Å². The third-order valence-corrected chi connectivity index (χ3v) is 5.35. The molecule has 0 aliphatic heterocycles. The molecule has 1 aromatic heterocycles. The van der Waals surface area contributed by atoms with Crippen LogP contribution in [0.5, 0.6) is 0 Å². The minimum Gasteiger partial charge on any atom is -0.378 e. The number of carbonyl (C=O) groups excluding carboxylic acids is 2. The molecular formula is C21H20FN3O2. The van der Waals surface area contributed by atoms with E-state index >= 15 is 0 Å². The van der Waals surface area contributed by atoms with Gasteiger partial charge in [-0.15, -0.1) is 0 Å². The third kappa shape index (κ3) is 2.67. The molecule has 2 saturated carbocycles. The Kier molecular flexibility index (Phi) is 3.50. The Hall–Kier alpha value is -2.89. The smallest absolute Gasteiger partial charge is 0.240 e. The lowest BCUT2D eigenvalue weighted by Gasteiger charge is -2.22. The number of aryl methyl sites for hydroxylation is 1. The summed E-state index contributed by atoms with van der Waals surface area (Å²) in [7, 11) is 0. The van der Waals surface area contributed by atoms with E-state index in [0.717, 1.165) is 42.3 Å². The number of H-pyrrole nitrogens is 1. The highest BCUT2D eigenvalue weighted by Crippen LogP contribution is 2.38. The number of nitrogens with one attached hydrogen (secondary N) is 3. The summed E-state index contributed by atoms with van der Waals surface area (Å²) >= 11 is 0. The number of allylic oxidation sites excluding steroid dienone is 2. The van der Waals surface area contributed by atoms with Gasteiger partial charge in [0.15, 0.2) is 5.83 Å². The van der Waals surface area contributed by atoms with Crippen LogP contribution < -0.4 is 10.6 Å². The first-order chi connectivity index (χ1) is 13.0. The first kappa shape index (κ1) is 16.3. The second-order valence-electron chi connectivity index (χ2n) is 7.61. The van der Waals surface area contributed by atoms with Gasteiger partial charge in [-0.2, -0.15) is 0 Å². The van der Waals surface area contributed by atoms with Gasteiger partial charge in [0.05, 0.1) is 11.3 Å². The van der Waals surface area contributed by atoms with E-state index in [-0.39, 0.29) is 29.1 Å². The number of aromatic amines is 1. The molecule has 3 N–H and O–H groups in total. The molecule has 27 heavy (non-hydrogen) atoms. The molecule has 0 spiro atoms. The van der Waals surface area contributed by atoms with Gasteiger partial charge in [0.2, 0.25) is 11.6 Å². The number of rotatable bonds is 5. The van der Waals surface area contributed by atoms with Crippen LogP contribution >= 0.6 is 0 Å². The summed E-state index contributed by atoms with van der Waals surface area (Å²) in [6.07, 6.45) is 3.61. The Morgan fingerprint density at radius 2 is 1.59 bits per heavy atom. The Labute approximate surface area is 155 Å². The number of halogens is 1. The monoisotopic (exact) mass is 365 g/mol. The molecule has 1 heterocycles. The highest BCUT2D eigenvalue weighted by Gasteiger charge is 2.41. The summed E-state index contributed by atoms with van der Waals surface area (Å²) < 4.78 is 14.8. The van der Waals surface area contributed by atoms with Crippen molar-refractivity contribution in [2.45, 2.75) is 44.7 Å². The summed E-state index contributed by atoms with van der Waals surface area (Å²) in [4.78, 5) is 29.4. The van der Waals surface area contributed by atoms with Gasteiger partial charge in [-0.3, -0.25) is 9.59 Å². The topological polar surface area (TPSA) is 74.0 Å². The molecule has 2 fully saturated rings. The second kappa shape index (κ2) is 5.81. The van der Waals surface area contributed by atoms with Crippen molar-refractivity contribution in [3.63, 3.8) is 0 Å². The largest absolute Gasteiger partial charge is 0.378 e. The molecule has 0 atom stereocenters. The average Bonchev–Trinajstić information content (AvgIpc) is 3.57. The maximum absolute atomic E-state index is 14.8. The van der Waals surface area contributed by atoms with E-state index in [1.807, 2.05) is 31.2 Å². The van der Waals surface area contributed by atoms with Gasteiger partial charge in [0.1, 0.15) is 5.70 Å². The van der Waals surface area contributed by atoms with Crippen molar-refractivity contribution >= 4 is 28.0 Å². The predicted octanol–water partition coefficient (Wildman–Crippen LogP) is 3.02. The van der Waals surface area contributed by atoms with Crippen LogP contribution in [0.15, 0.2) is 41.5 Å². The van der Waals surface area contributed by atoms with Gasteiger partial charge in [-0.05, 0) is 38.7 Å². The Balaban J connectivity index is 1.71. The fourth-order valence-corrected chi connectivity index (χ4v) is 3.64. The van der Waals surface area contributed by atoms with Crippen LogP contribution in [0.2, 0.25) is 0 Å². The van der Waals surface area contributed by atoms with E-state index in [1.165, 1.54) is 0 Å². The van der Waals surface area contributed by atoms with E-state index in [1.54, 1.807) is 0 Å². The number of hydrogen-bond acceptors (Lipinski definition) is 4. The Bertz CT molecular complexity index is 1050. The van der Waals surface area contributed by atoms with Gasteiger partial charge in [0, 0.05) is 34.2 Å². The zero-order valence-corrected chi connectivity index (χ0v) is 15.0. The van der Waals surface area contributed by atoms with Gasteiger partial charge >= 0.3 is 0 Å². The molecule has 3 aliphatic carbocycles. The van der Waals surface area contributed by atoms with Crippen molar-refractivity contribution in [2.24, 2.45) is 0 Å². The van der Waals surface area contributed by atoms with Crippen molar-refractivity contribution in [2.75, 3.05) is 0 Å². The number of Topliss-reactive ketones (excluding diaryl/α,β-unsaturated/α-hetero) is 2. The molecule has 6 heteroatoms. The highest BCUT2D eigenvalue weighted by atomic mass is 19.1. The summed E-state index contributed by atoms with van der Waals surface area (Å²) in [6, 6.07) is 7.84. The van der Waals surface area contributed by atoms with E-state index in [2.05, 4.69) is 15.6 Å². The highest BCUT2D eigenvalue weighted by molar-refractivity contribution is 6.40. The number of hydrogen-bond donors (Lipinski definition) is 3. The number of fused-ring (bicyclic) bond motifs is 1. The van der Waals surface area contributed by atoms with Crippen LogP contribution in [0.3, 0.4) is 0 Å². The normalized spacial score (nSPS) is 20.7. The Morgan fingerprint density at radius 1 is 0.963 bits per heavy atom. The SMILES string of the molecule is Cc1[nH]c2ccccc2c1C1=C(NC2CC2)C(=O)C(F)=C(NC2CC2)C1=O. The summed E-state index contributed by atoms with van der Waals surface area (Å²) in [6.45, 7) is 1.87. The molecule has 2 aromatic rings. The molecular weight excluding hydrogens is 345 g/mol. The maximum atomic E-state index is 14.8. The van der Waals surface area contributed by atoms with E-state index in [0.29, 0.717) is 5.56 Å². The van der Waals surface area contributed by atoms with E-state index < -0.39 is 17.4 Å². The van der Waals surface area contributed by atoms with Gasteiger partial charge in [0.25, 0.3) is 0 Å². The molecule has 5 nitrogen and oxygen atoms in total. The lowest BCUT2D eigenvalue weighted by molar-refractivity contribution is -0.117. The number of para-hydroxylation sites is 1. The fourth-order valence-electron chi connectivity index (χ4n) is 3.64. The van der Waals surface area contributed by atoms with Crippen LogP contribution in [0.25, 0.3) is 16.5 Å². The van der Waals surface area contributed by atoms with Crippen molar-refractivity contribution < 1.29 is 14.0 Å². The van der Waals surface area contributed by atoms with Crippen molar-refractivity contribution in [1.29, 1.82) is 0 Å². The summed E-state index contributed by atoms with van der Waals surface area (Å²) in [5.41, 5.74) is 2.52. The predicted molar refractivity (Wildman–Crippen MR) is 100 cm³/mol. The quantitative estimate of drug-likeness (QED) is 0.712. The van der Waals surface area contributed by atoms with E-state index in [4.69, 9.17) is 0 Å². The lowest BCUT2D eigenvalue weighted by atomic mass is 9.89. The fraction of sp³-hybridized carbons (Fsp3) is 0.333. The molecule has 0 amide bonds. The number of benzene rings is 1. The molecule has 1 aromatic carbocycles. The van der Waals surface area contributed by atoms with Crippen molar-refractivity contribution in [1.82, 2.24) is 15.6 Å². The van der Waals surface area contributed by atoms with Crippen LogP contribution in [0.4, 0.5) is 4.39 Å².